The van der Waals surface area contributed by atoms with Crippen molar-refractivity contribution in [2.75, 3.05) is 6.54 Å². The Hall–Kier alpha value is -1.38. The molecule has 2 rings (SSSR count). The summed E-state index contributed by atoms with van der Waals surface area (Å²) in [6.07, 6.45) is 3.95. The summed E-state index contributed by atoms with van der Waals surface area (Å²) >= 11 is 0. The monoisotopic (exact) mass is 204 g/mol. The van der Waals surface area contributed by atoms with Gasteiger partial charge in [-0.2, -0.15) is 0 Å². The molecule has 15 heavy (non-hydrogen) atoms. The van der Waals surface area contributed by atoms with Gasteiger partial charge in [0.05, 0.1) is 6.04 Å². The number of likely N-dealkylation sites (tertiary alicyclic amines) is 1. The summed E-state index contributed by atoms with van der Waals surface area (Å²) in [5.74, 6) is 0.167. The zero-order valence-corrected chi connectivity index (χ0v) is 9.23. The SMILES string of the molecule is CC(=O)N1CCCC1c1cccnc1C. The molecule has 0 bridgehead atoms. The molecule has 1 atom stereocenters. The van der Waals surface area contributed by atoms with E-state index in [-0.39, 0.29) is 11.9 Å². The topological polar surface area (TPSA) is 33.2 Å². The third kappa shape index (κ3) is 1.87. The Morgan fingerprint density at radius 3 is 3.07 bits per heavy atom. The van der Waals surface area contributed by atoms with Crippen LogP contribution in [0.3, 0.4) is 0 Å². The summed E-state index contributed by atoms with van der Waals surface area (Å²) in [6.45, 7) is 4.53. The molecule has 0 N–H and O–H groups in total. The van der Waals surface area contributed by atoms with E-state index in [0.29, 0.717) is 0 Å². The standard InChI is InChI=1S/C12H16N2O/c1-9-11(5-3-7-13-9)12-6-4-8-14(12)10(2)15/h3,5,7,12H,4,6,8H2,1-2H3. The van der Waals surface area contributed by atoms with E-state index in [4.69, 9.17) is 0 Å². The van der Waals surface area contributed by atoms with Crippen LogP contribution in [0, 0.1) is 6.92 Å². The minimum atomic E-state index is 0.167. The van der Waals surface area contributed by atoms with Gasteiger partial charge in [-0.25, -0.2) is 0 Å². The second-order valence-electron chi connectivity index (χ2n) is 4.05. The van der Waals surface area contributed by atoms with Crippen molar-refractivity contribution in [2.45, 2.75) is 32.7 Å². The van der Waals surface area contributed by atoms with Gasteiger partial charge < -0.3 is 4.90 Å². The van der Waals surface area contributed by atoms with E-state index >= 15 is 0 Å². The maximum Gasteiger partial charge on any atom is 0.219 e. The molecular weight excluding hydrogens is 188 g/mol. The van der Waals surface area contributed by atoms with E-state index in [2.05, 4.69) is 11.1 Å². The van der Waals surface area contributed by atoms with E-state index in [0.717, 1.165) is 25.1 Å². The molecule has 0 radical (unpaired) electrons. The Morgan fingerprint density at radius 1 is 1.60 bits per heavy atom. The van der Waals surface area contributed by atoms with Crippen molar-refractivity contribution >= 4 is 5.91 Å². The van der Waals surface area contributed by atoms with Crippen molar-refractivity contribution in [3.8, 4) is 0 Å². The fourth-order valence-corrected chi connectivity index (χ4v) is 2.32. The summed E-state index contributed by atoms with van der Waals surface area (Å²) in [5.41, 5.74) is 2.24. The van der Waals surface area contributed by atoms with Gasteiger partial charge in [0.25, 0.3) is 0 Å². The van der Waals surface area contributed by atoms with Crippen LogP contribution in [0.15, 0.2) is 18.3 Å². The molecule has 1 aliphatic heterocycles. The van der Waals surface area contributed by atoms with Gasteiger partial charge in [0.15, 0.2) is 0 Å². The summed E-state index contributed by atoms with van der Waals surface area (Å²) in [6, 6.07) is 4.27. The van der Waals surface area contributed by atoms with Gasteiger partial charge in [0.2, 0.25) is 5.91 Å². The molecule has 1 amide bonds. The summed E-state index contributed by atoms with van der Waals surface area (Å²) in [4.78, 5) is 17.7. The van der Waals surface area contributed by atoms with E-state index in [9.17, 15) is 4.79 Å². The quantitative estimate of drug-likeness (QED) is 0.701. The molecule has 1 saturated heterocycles. The molecule has 1 aromatic rings. The highest BCUT2D eigenvalue weighted by molar-refractivity contribution is 5.74. The van der Waals surface area contributed by atoms with Crippen LogP contribution in [0.1, 0.15) is 37.1 Å². The van der Waals surface area contributed by atoms with Crippen LogP contribution in [0.2, 0.25) is 0 Å². The average Bonchev–Trinajstić information content (AvgIpc) is 2.67. The van der Waals surface area contributed by atoms with Gasteiger partial charge in [0, 0.05) is 25.4 Å². The van der Waals surface area contributed by atoms with Gasteiger partial charge in [-0.1, -0.05) is 6.07 Å². The smallest absolute Gasteiger partial charge is 0.219 e. The first-order valence-corrected chi connectivity index (χ1v) is 5.39. The van der Waals surface area contributed by atoms with E-state index in [1.165, 1.54) is 5.56 Å². The van der Waals surface area contributed by atoms with Gasteiger partial charge in [-0.05, 0) is 31.4 Å². The number of nitrogens with zero attached hydrogens (tertiary/aromatic N) is 2. The number of carbonyl (C=O) groups is 1. The van der Waals surface area contributed by atoms with Crippen molar-refractivity contribution < 1.29 is 4.79 Å². The van der Waals surface area contributed by atoms with Crippen molar-refractivity contribution in [2.24, 2.45) is 0 Å². The predicted octanol–water partition coefficient (Wildman–Crippen LogP) is 2.07. The molecule has 1 fully saturated rings. The first-order valence-electron chi connectivity index (χ1n) is 5.39. The van der Waals surface area contributed by atoms with Crippen molar-refractivity contribution in [1.29, 1.82) is 0 Å². The van der Waals surface area contributed by atoms with Gasteiger partial charge in [-0.15, -0.1) is 0 Å². The molecule has 1 aromatic heterocycles. The molecule has 2 heterocycles. The van der Waals surface area contributed by atoms with Gasteiger partial charge in [0.1, 0.15) is 0 Å². The van der Waals surface area contributed by atoms with E-state index in [1.54, 1.807) is 13.1 Å². The number of aryl methyl sites for hydroxylation is 1. The normalized spacial score (nSPS) is 20.7. The first-order chi connectivity index (χ1) is 7.20. The number of hydrogen-bond acceptors (Lipinski definition) is 2. The molecule has 1 aliphatic rings. The number of aromatic nitrogens is 1. The Morgan fingerprint density at radius 2 is 2.40 bits per heavy atom. The molecule has 0 saturated carbocycles. The van der Waals surface area contributed by atoms with Crippen molar-refractivity contribution in [3.63, 3.8) is 0 Å². The van der Waals surface area contributed by atoms with Crippen LogP contribution in [-0.4, -0.2) is 22.3 Å². The van der Waals surface area contributed by atoms with Crippen LogP contribution >= 0.6 is 0 Å². The van der Waals surface area contributed by atoms with Crippen LogP contribution < -0.4 is 0 Å². The lowest BCUT2D eigenvalue weighted by Gasteiger charge is -2.24. The van der Waals surface area contributed by atoms with Crippen LogP contribution in [0.25, 0.3) is 0 Å². The van der Waals surface area contributed by atoms with Crippen LogP contribution in [0.5, 0.6) is 0 Å². The average molecular weight is 204 g/mol. The fourth-order valence-electron chi connectivity index (χ4n) is 2.32. The lowest BCUT2D eigenvalue weighted by atomic mass is 10.0. The molecule has 1 unspecified atom stereocenters. The van der Waals surface area contributed by atoms with E-state index in [1.807, 2.05) is 17.9 Å². The molecular formula is C12H16N2O. The fraction of sp³-hybridized carbons (Fsp3) is 0.500. The molecule has 80 valence electrons. The number of pyridine rings is 1. The Bertz CT molecular complexity index is 376. The second-order valence-corrected chi connectivity index (χ2v) is 4.05. The number of carbonyl (C=O) groups excluding carboxylic acids is 1. The Kier molecular flexibility index (Phi) is 2.71. The summed E-state index contributed by atoms with van der Waals surface area (Å²) in [5, 5.41) is 0. The molecule has 0 spiro atoms. The Labute approximate surface area is 90.1 Å². The minimum absolute atomic E-state index is 0.167. The third-order valence-electron chi connectivity index (χ3n) is 3.06. The predicted molar refractivity (Wildman–Crippen MR) is 58.3 cm³/mol. The maximum absolute atomic E-state index is 11.4. The lowest BCUT2D eigenvalue weighted by molar-refractivity contribution is -0.129. The lowest BCUT2D eigenvalue weighted by Crippen LogP contribution is -2.28. The van der Waals surface area contributed by atoms with E-state index < -0.39 is 0 Å². The largest absolute Gasteiger partial charge is 0.336 e. The zero-order valence-electron chi connectivity index (χ0n) is 9.23. The van der Waals surface area contributed by atoms with Crippen LogP contribution in [-0.2, 0) is 4.79 Å². The number of rotatable bonds is 1. The minimum Gasteiger partial charge on any atom is -0.336 e. The van der Waals surface area contributed by atoms with Gasteiger partial charge in [-0.3, -0.25) is 9.78 Å². The number of hydrogen-bond donors (Lipinski definition) is 0. The summed E-state index contributed by atoms with van der Waals surface area (Å²) < 4.78 is 0. The van der Waals surface area contributed by atoms with Gasteiger partial charge >= 0.3 is 0 Å². The summed E-state index contributed by atoms with van der Waals surface area (Å²) in [7, 11) is 0. The molecule has 3 nitrogen and oxygen atoms in total. The highest BCUT2D eigenvalue weighted by Gasteiger charge is 2.28. The van der Waals surface area contributed by atoms with Crippen LogP contribution in [0.4, 0.5) is 0 Å². The second kappa shape index (κ2) is 4.01. The number of amides is 1. The van der Waals surface area contributed by atoms with Crippen molar-refractivity contribution in [3.05, 3.63) is 29.6 Å². The highest BCUT2D eigenvalue weighted by Crippen LogP contribution is 2.32. The zero-order chi connectivity index (χ0) is 10.8. The first kappa shape index (κ1) is 10.1. The van der Waals surface area contributed by atoms with Crippen molar-refractivity contribution in [1.82, 2.24) is 9.88 Å². The molecule has 3 heteroatoms. The maximum atomic E-state index is 11.4. The third-order valence-corrected chi connectivity index (χ3v) is 3.06. The molecule has 0 aromatic carbocycles. The Balaban J connectivity index is 2.30. The molecule has 0 aliphatic carbocycles. The highest BCUT2D eigenvalue weighted by atomic mass is 16.2.